The highest BCUT2D eigenvalue weighted by Gasteiger charge is 2.26. The molecule has 160 valence electrons. The number of aromatic nitrogens is 2. The average molecular weight is 436 g/mol. The number of rotatable bonds is 9. The average Bonchev–Trinajstić information content (AvgIpc) is 3.31. The Balaban J connectivity index is 1.88. The number of aromatic amines is 1. The SMILES string of the molecule is CCCCCN(C(=O)Nc1cccc(Cl)c1)C(Cc1ccc(C#N)cc1)c1cnc[nH]1. The molecule has 1 unspecified atom stereocenters. The number of urea groups is 1. The molecule has 2 amide bonds. The number of nitrogens with zero attached hydrogens (tertiary/aromatic N) is 3. The first-order valence-electron chi connectivity index (χ1n) is 10.4. The van der Waals surface area contributed by atoms with E-state index in [1.165, 1.54) is 0 Å². The summed E-state index contributed by atoms with van der Waals surface area (Å²) in [7, 11) is 0. The Labute approximate surface area is 187 Å². The van der Waals surface area contributed by atoms with Crippen molar-refractivity contribution >= 4 is 23.3 Å². The maximum atomic E-state index is 13.3. The zero-order valence-electron chi connectivity index (χ0n) is 17.5. The minimum atomic E-state index is -0.230. The lowest BCUT2D eigenvalue weighted by molar-refractivity contribution is 0.184. The molecule has 2 aromatic carbocycles. The van der Waals surface area contributed by atoms with Gasteiger partial charge in [-0.25, -0.2) is 9.78 Å². The van der Waals surface area contributed by atoms with Crippen LogP contribution in [0, 0.1) is 11.3 Å². The summed E-state index contributed by atoms with van der Waals surface area (Å²) in [5.41, 5.74) is 3.16. The number of unbranched alkanes of at least 4 members (excludes halogenated alkanes) is 2. The van der Waals surface area contributed by atoms with Crippen LogP contribution in [0.25, 0.3) is 0 Å². The smallest absolute Gasteiger partial charge is 0.322 e. The second kappa shape index (κ2) is 11.2. The number of carbonyl (C=O) groups excluding carboxylic acids is 1. The molecule has 0 fully saturated rings. The standard InChI is InChI=1S/C24H26ClN5O/c1-2-3-4-12-30(24(31)29-21-7-5-6-20(25)14-21)23(22-16-27-17-28-22)13-18-8-10-19(15-26)11-9-18/h5-11,14,16-17,23H,2-4,12-13H2,1H3,(H,27,28)(H,29,31). The molecule has 1 heterocycles. The molecule has 2 N–H and O–H groups in total. The number of anilines is 1. The normalized spacial score (nSPS) is 11.5. The molecule has 0 aliphatic heterocycles. The van der Waals surface area contributed by atoms with Crippen molar-refractivity contribution in [1.82, 2.24) is 14.9 Å². The molecule has 7 heteroatoms. The first-order valence-corrected chi connectivity index (χ1v) is 10.8. The van der Waals surface area contributed by atoms with Gasteiger partial charge in [0, 0.05) is 17.3 Å². The third kappa shape index (κ3) is 6.34. The van der Waals surface area contributed by atoms with Crippen molar-refractivity contribution in [2.45, 2.75) is 38.6 Å². The van der Waals surface area contributed by atoms with Crippen molar-refractivity contribution in [1.29, 1.82) is 5.26 Å². The van der Waals surface area contributed by atoms with Crippen molar-refractivity contribution in [3.8, 4) is 6.07 Å². The molecule has 0 aliphatic carbocycles. The van der Waals surface area contributed by atoms with Crippen molar-refractivity contribution in [3.63, 3.8) is 0 Å². The van der Waals surface area contributed by atoms with Crippen LogP contribution in [-0.4, -0.2) is 27.4 Å². The molecule has 0 bridgehead atoms. The molecule has 6 nitrogen and oxygen atoms in total. The van der Waals surface area contributed by atoms with Gasteiger partial charge in [-0.05, 0) is 48.7 Å². The number of benzene rings is 2. The number of carbonyl (C=O) groups is 1. The van der Waals surface area contributed by atoms with E-state index in [0.29, 0.717) is 29.2 Å². The summed E-state index contributed by atoms with van der Waals surface area (Å²) < 4.78 is 0. The maximum absolute atomic E-state index is 13.3. The van der Waals surface area contributed by atoms with Gasteiger partial charge >= 0.3 is 6.03 Å². The van der Waals surface area contributed by atoms with Crippen LogP contribution in [0.1, 0.15) is 49.0 Å². The zero-order valence-corrected chi connectivity index (χ0v) is 18.3. The first kappa shape index (κ1) is 22.4. The van der Waals surface area contributed by atoms with Crippen LogP contribution in [0.15, 0.2) is 61.1 Å². The number of hydrogen-bond donors (Lipinski definition) is 2. The van der Waals surface area contributed by atoms with Gasteiger partial charge in [-0.15, -0.1) is 0 Å². The number of H-pyrrole nitrogens is 1. The highest BCUT2D eigenvalue weighted by molar-refractivity contribution is 6.30. The molecular formula is C24H26ClN5O. The molecule has 1 atom stereocenters. The van der Waals surface area contributed by atoms with Crippen LogP contribution < -0.4 is 5.32 Å². The number of hydrogen-bond acceptors (Lipinski definition) is 3. The molecule has 0 spiro atoms. The topological polar surface area (TPSA) is 84.8 Å². The van der Waals surface area contributed by atoms with E-state index in [1.807, 2.05) is 29.2 Å². The Morgan fingerprint density at radius 2 is 2.06 bits per heavy atom. The third-order valence-electron chi connectivity index (χ3n) is 5.11. The molecule has 3 aromatic rings. The minimum Gasteiger partial charge on any atom is -0.347 e. The van der Waals surface area contributed by atoms with Crippen LogP contribution in [0.3, 0.4) is 0 Å². The lowest BCUT2D eigenvalue weighted by Crippen LogP contribution is -2.40. The number of nitrogens with one attached hydrogen (secondary N) is 2. The maximum Gasteiger partial charge on any atom is 0.322 e. The van der Waals surface area contributed by atoms with E-state index in [4.69, 9.17) is 16.9 Å². The van der Waals surface area contributed by atoms with E-state index >= 15 is 0 Å². The Morgan fingerprint density at radius 1 is 1.26 bits per heavy atom. The zero-order chi connectivity index (χ0) is 22.1. The number of imidazole rings is 1. The fourth-order valence-electron chi connectivity index (χ4n) is 3.47. The Bertz CT molecular complexity index is 1010. The van der Waals surface area contributed by atoms with Gasteiger partial charge < -0.3 is 15.2 Å². The highest BCUT2D eigenvalue weighted by atomic mass is 35.5. The molecule has 31 heavy (non-hydrogen) atoms. The van der Waals surface area contributed by atoms with E-state index in [-0.39, 0.29) is 12.1 Å². The number of nitriles is 1. The van der Waals surface area contributed by atoms with E-state index in [2.05, 4.69) is 28.3 Å². The highest BCUT2D eigenvalue weighted by Crippen LogP contribution is 2.26. The summed E-state index contributed by atoms with van der Waals surface area (Å²) in [6.07, 6.45) is 6.98. The Hall–Kier alpha value is -3.30. The molecule has 0 radical (unpaired) electrons. The second-order valence-electron chi connectivity index (χ2n) is 7.38. The Kier molecular flexibility index (Phi) is 8.08. The van der Waals surface area contributed by atoms with Gasteiger partial charge in [-0.3, -0.25) is 0 Å². The fraction of sp³-hybridized carbons (Fsp3) is 0.292. The first-order chi connectivity index (χ1) is 15.1. The lowest BCUT2D eigenvalue weighted by atomic mass is 10.0. The van der Waals surface area contributed by atoms with E-state index in [1.54, 1.807) is 36.8 Å². The van der Waals surface area contributed by atoms with Crippen LogP contribution >= 0.6 is 11.6 Å². The van der Waals surface area contributed by atoms with Gasteiger partial charge in [-0.2, -0.15) is 5.26 Å². The van der Waals surface area contributed by atoms with Crippen LogP contribution in [-0.2, 0) is 6.42 Å². The summed E-state index contributed by atoms with van der Waals surface area (Å²) in [6, 6.07) is 16.3. The van der Waals surface area contributed by atoms with Crippen LogP contribution in [0.2, 0.25) is 5.02 Å². The molecule has 1 aromatic heterocycles. The van der Waals surface area contributed by atoms with Gasteiger partial charge in [0.05, 0.1) is 35.9 Å². The summed E-state index contributed by atoms with van der Waals surface area (Å²) in [5, 5.41) is 12.6. The fourth-order valence-corrected chi connectivity index (χ4v) is 3.66. The lowest BCUT2D eigenvalue weighted by Gasteiger charge is -2.31. The van der Waals surface area contributed by atoms with E-state index < -0.39 is 0 Å². The van der Waals surface area contributed by atoms with Gasteiger partial charge in [-0.1, -0.05) is 49.6 Å². The molecule has 0 saturated heterocycles. The number of halogens is 1. The Morgan fingerprint density at radius 3 is 2.71 bits per heavy atom. The van der Waals surface area contributed by atoms with Gasteiger partial charge in [0.2, 0.25) is 0 Å². The van der Waals surface area contributed by atoms with Crippen molar-refractivity contribution in [2.75, 3.05) is 11.9 Å². The van der Waals surface area contributed by atoms with Gasteiger partial charge in [0.25, 0.3) is 0 Å². The number of amides is 2. The quantitative estimate of drug-likeness (QED) is 0.407. The summed E-state index contributed by atoms with van der Waals surface area (Å²) >= 11 is 6.09. The minimum absolute atomic E-state index is 0.188. The molecule has 3 rings (SSSR count). The summed E-state index contributed by atoms with van der Waals surface area (Å²) in [5.74, 6) is 0. The van der Waals surface area contributed by atoms with Crippen molar-refractivity contribution in [3.05, 3.63) is 82.9 Å². The molecular weight excluding hydrogens is 410 g/mol. The van der Waals surface area contributed by atoms with Crippen LogP contribution in [0.5, 0.6) is 0 Å². The predicted octanol–water partition coefficient (Wildman–Crippen LogP) is 5.94. The summed E-state index contributed by atoms with van der Waals surface area (Å²) in [6.45, 7) is 2.75. The van der Waals surface area contributed by atoms with E-state index in [0.717, 1.165) is 30.5 Å². The third-order valence-corrected chi connectivity index (χ3v) is 5.34. The largest absolute Gasteiger partial charge is 0.347 e. The van der Waals surface area contributed by atoms with E-state index in [9.17, 15) is 4.79 Å². The summed E-state index contributed by atoms with van der Waals surface area (Å²) in [4.78, 5) is 22.5. The predicted molar refractivity (Wildman–Crippen MR) is 123 cm³/mol. The molecule has 0 saturated carbocycles. The second-order valence-corrected chi connectivity index (χ2v) is 7.81. The monoisotopic (exact) mass is 435 g/mol. The van der Waals surface area contributed by atoms with Gasteiger partial charge in [0.1, 0.15) is 0 Å². The van der Waals surface area contributed by atoms with Crippen LogP contribution in [0.4, 0.5) is 10.5 Å². The van der Waals surface area contributed by atoms with Gasteiger partial charge in [0.15, 0.2) is 0 Å². The van der Waals surface area contributed by atoms with Crippen molar-refractivity contribution in [2.24, 2.45) is 0 Å². The van der Waals surface area contributed by atoms with Crippen molar-refractivity contribution < 1.29 is 4.79 Å². The molecule has 0 aliphatic rings.